The van der Waals surface area contributed by atoms with Gasteiger partial charge in [-0.15, -0.1) is 22.7 Å². The number of halogens is 1. The van der Waals surface area contributed by atoms with Gasteiger partial charge in [-0.05, 0) is 41.9 Å². The van der Waals surface area contributed by atoms with E-state index in [9.17, 15) is 19.5 Å². The standard InChI is InChI=1S/C22H15ClN6O4S3/c23-18-3-1-12(36-18)8-24-19-7-15(26-29(19)22(33)14-5-6-35-27-14)13-2-4-20(31)28(21(13)32)9-17(30)16-10-34-11-25-16/h1-7,10-11,24,31H,8-9H2. The van der Waals surface area contributed by atoms with Crippen LogP contribution in [0.2, 0.25) is 4.34 Å². The Morgan fingerprint density at radius 2 is 2.00 bits per heavy atom. The van der Waals surface area contributed by atoms with E-state index >= 15 is 0 Å². The predicted molar refractivity (Wildman–Crippen MR) is 139 cm³/mol. The molecule has 0 atom stereocenters. The number of aromatic nitrogens is 5. The highest BCUT2D eigenvalue weighted by atomic mass is 35.5. The summed E-state index contributed by atoms with van der Waals surface area (Å²) >= 11 is 9.79. The summed E-state index contributed by atoms with van der Waals surface area (Å²) in [6.07, 6.45) is 0. The second-order valence-electron chi connectivity index (χ2n) is 7.37. The molecule has 0 radical (unpaired) electrons. The highest BCUT2D eigenvalue weighted by Gasteiger charge is 2.22. The molecule has 0 unspecified atom stereocenters. The largest absolute Gasteiger partial charge is 0.494 e. The van der Waals surface area contributed by atoms with Crippen molar-refractivity contribution in [3.63, 3.8) is 0 Å². The average molecular weight is 559 g/mol. The van der Waals surface area contributed by atoms with E-state index in [-0.39, 0.29) is 28.5 Å². The Balaban J connectivity index is 1.52. The summed E-state index contributed by atoms with van der Waals surface area (Å²) in [7, 11) is 0. The molecule has 0 amide bonds. The van der Waals surface area contributed by atoms with Crippen LogP contribution in [0.4, 0.5) is 5.82 Å². The highest BCUT2D eigenvalue weighted by molar-refractivity contribution is 7.16. The van der Waals surface area contributed by atoms with E-state index in [1.807, 2.05) is 6.07 Å². The molecule has 2 N–H and O–H groups in total. The smallest absolute Gasteiger partial charge is 0.299 e. The lowest BCUT2D eigenvalue weighted by molar-refractivity contribution is 0.0941. The number of carbonyl (C=O) groups excluding carboxylic acids is 2. The van der Waals surface area contributed by atoms with E-state index in [4.69, 9.17) is 11.6 Å². The van der Waals surface area contributed by atoms with Crippen LogP contribution in [0.5, 0.6) is 5.88 Å². The lowest BCUT2D eigenvalue weighted by Gasteiger charge is -2.08. The molecule has 10 nitrogen and oxygen atoms in total. The van der Waals surface area contributed by atoms with Crippen molar-refractivity contribution in [1.29, 1.82) is 0 Å². The third kappa shape index (κ3) is 4.86. The summed E-state index contributed by atoms with van der Waals surface area (Å²) in [4.78, 5) is 43.7. The van der Waals surface area contributed by atoms with Gasteiger partial charge in [-0.2, -0.15) is 14.2 Å². The lowest BCUT2D eigenvalue weighted by Crippen LogP contribution is -2.25. The molecule has 36 heavy (non-hydrogen) atoms. The van der Waals surface area contributed by atoms with Crippen LogP contribution in [0.3, 0.4) is 0 Å². The van der Waals surface area contributed by atoms with Crippen molar-refractivity contribution in [3.8, 4) is 17.1 Å². The number of hydrogen-bond donors (Lipinski definition) is 2. The molecule has 5 heterocycles. The first kappa shape index (κ1) is 24.1. The van der Waals surface area contributed by atoms with Gasteiger partial charge in [-0.25, -0.2) is 4.98 Å². The molecule has 14 heteroatoms. The second kappa shape index (κ2) is 10.1. The third-order valence-electron chi connectivity index (χ3n) is 5.08. The summed E-state index contributed by atoms with van der Waals surface area (Å²) in [6.45, 7) is -0.0280. The molecule has 0 bridgehead atoms. The number of nitrogens with one attached hydrogen (secondary N) is 1. The third-order valence-corrected chi connectivity index (χ3v) is 7.46. The molecule has 182 valence electrons. The van der Waals surface area contributed by atoms with Crippen LogP contribution in [0.1, 0.15) is 25.9 Å². The molecular weight excluding hydrogens is 544 g/mol. The zero-order valence-corrected chi connectivity index (χ0v) is 21.3. The Kier molecular flexibility index (Phi) is 6.78. The number of anilines is 1. The quantitative estimate of drug-likeness (QED) is 0.270. The molecule has 0 saturated carbocycles. The number of pyridine rings is 1. The molecule has 5 aromatic rings. The van der Waals surface area contributed by atoms with E-state index in [0.29, 0.717) is 16.7 Å². The van der Waals surface area contributed by atoms with Crippen molar-refractivity contribution in [2.75, 3.05) is 5.32 Å². The zero-order valence-electron chi connectivity index (χ0n) is 18.1. The number of thiazole rings is 1. The van der Waals surface area contributed by atoms with E-state index in [2.05, 4.69) is 19.8 Å². The van der Waals surface area contributed by atoms with Crippen LogP contribution < -0.4 is 10.9 Å². The van der Waals surface area contributed by atoms with Gasteiger partial charge in [0.25, 0.3) is 11.5 Å². The minimum absolute atomic E-state index is 0.103. The fourth-order valence-corrected chi connectivity index (χ4v) is 5.43. The molecule has 0 fully saturated rings. The number of carbonyl (C=O) groups is 2. The Morgan fingerprint density at radius 1 is 1.14 bits per heavy atom. The number of Topliss-reactive ketones (excluding diaryl/α,β-unsaturated/α-hetero) is 1. The SMILES string of the molecule is O=C(Cn1c(O)ccc(-c2cc(NCc3ccc(Cl)s3)n(C(=O)c3ccsn3)n2)c1=O)c1cscn1. The van der Waals surface area contributed by atoms with E-state index < -0.39 is 23.8 Å². The molecule has 0 aliphatic rings. The Labute approximate surface area is 220 Å². The van der Waals surface area contributed by atoms with Crippen LogP contribution in [-0.4, -0.2) is 40.5 Å². The maximum Gasteiger partial charge on any atom is 0.299 e. The zero-order chi connectivity index (χ0) is 25.2. The molecule has 0 aliphatic heterocycles. The Hall–Kier alpha value is -3.65. The van der Waals surface area contributed by atoms with Gasteiger partial charge in [0.05, 0.1) is 28.5 Å². The summed E-state index contributed by atoms with van der Waals surface area (Å²) in [6, 6.07) is 9.46. The summed E-state index contributed by atoms with van der Waals surface area (Å²) in [5.41, 5.74) is 1.57. The Morgan fingerprint density at radius 3 is 2.69 bits per heavy atom. The van der Waals surface area contributed by atoms with Gasteiger partial charge >= 0.3 is 0 Å². The number of aromatic hydroxyl groups is 1. The van der Waals surface area contributed by atoms with Crippen LogP contribution in [0.15, 0.2) is 57.5 Å². The van der Waals surface area contributed by atoms with E-state index in [0.717, 1.165) is 25.7 Å². The topological polar surface area (TPSA) is 132 Å². The van der Waals surface area contributed by atoms with Gasteiger partial charge in [-0.1, -0.05) is 11.6 Å². The monoisotopic (exact) mass is 558 g/mol. The van der Waals surface area contributed by atoms with E-state index in [1.54, 1.807) is 29.0 Å². The molecule has 0 spiro atoms. The van der Waals surface area contributed by atoms with Crippen molar-refractivity contribution in [3.05, 3.63) is 83.6 Å². The predicted octanol–water partition coefficient (Wildman–Crippen LogP) is 4.23. The van der Waals surface area contributed by atoms with Gasteiger partial charge in [0.15, 0.2) is 5.88 Å². The highest BCUT2D eigenvalue weighted by Crippen LogP contribution is 2.25. The summed E-state index contributed by atoms with van der Waals surface area (Å²) in [5, 5.41) is 21.1. The van der Waals surface area contributed by atoms with Gasteiger partial charge in [-0.3, -0.25) is 19.0 Å². The molecule has 0 aliphatic carbocycles. The lowest BCUT2D eigenvalue weighted by atomic mass is 10.2. The van der Waals surface area contributed by atoms with Crippen molar-refractivity contribution >= 4 is 63.3 Å². The first-order valence-corrected chi connectivity index (χ1v) is 13.3. The van der Waals surface area contributed by atoms with Gasteiger partial charge in [0.1, 0.15) is 22.9 Å². The minimum Gasteiger partial charge on any atom is -0.494 e. The number of thiophene rings is 1. The van der Waals surface area contributed by atoms with Crippen molar-refractivity contribution in [2.24, 2.45) is 0 Å². The van der Waals surface area contributed by atoms with Crippen LogP contribution >= 0.6 is 45.8 Å². The molecule has 0 aromatic carbocycles. The maximum atomic E-state index is 13.3. The minimum atomic E-state index is -0.638. The van der Waals surface area contributed by atoms with Crippen molar-refractivity contribution < 1.29 is 14.7 Å². The Bertz CT molecular complexity index is 1600. The second-order valence-corrected chi connectivity index (χ2v) is 10.6. The molecule has 5 aromatic heterocycles. The fourth-order valence-electron chi connectivity index (χ4n) is 3.34. The first-order chi connectivity index (χ1) is 17.4. The summed E-state index contributed by atoms with van der Waals surface area (Å²) < 4.78 is 6.80. The number of hydrogen-bond acceptors (Lipinski definition) is 11. The fraction of sp³-hybridized carbons (Fsp3) is 0.0909. The van der Waals surface area contributed by atoms with Crippen LogP contribution in [-0.2, 0) is 13.1 Å². The molecular formula is C22H15ClN6O4S3. The maximum absolute atomic E-state index is 13.3. The molecule has 5 rings (SSSR count). The molecule has 0 saturated heterocycles. The number of nitrogens with zero attached hydrogens (tertiary/aromatic N) is 5. The van der Waals surface area contributed by atoms with Gasteiger partial charge in [0, 0.05) is 21.7 Å². The average Bonchev–Trinajstić information content (AvgIpc) is 3.67. The van der Waals surface area contributed by atoms with Gasteiger partial charge < -0.3 is 10.4 Å². The van der Waals surface area contributed by atoms with Crippen LogP contribution in [0, 0.1) is 0 Å². The normalized spacial score (nSPS) is 11.0. The van der Waals surface area contributed by atoms with Crippen molar-refractivity contribution in [2.45, 2.75) is 13.1 Å². The summed E-state index contributed by atoms with van der Waals surface area (Å²) in [5.74, 6) is -0.942. The van der Waals surface area contributed by atoms with Gasteiger partial charge in [0.2, 0.25) is 5.78 Å². The number of ketones is 1. The number of rotatable bonds is 8. The van der Waals surface area contributed by atoms with Crippen molar-refractivity contribution in [1.82, 2.24) is 23.7 Å². The van der Waals surface area contributed by atoms with Crippen LogP contribution in [0.25, 0.3) is 11.3 Å². The first-order valence-electron chi connectivity index (χ1n) is 10.3. The van der Waals surface area contributed by atoms with E-state index in [1.165, 1.54) is 40.3 Å².